The molecule has 1 amide bonds. The van der Waals surface area contributed by atoms with Gasteiger partial charge >= 0.3 is 6.09 Å². The number of aliphatic hydroxyl groups excluding tert-OH is 1. The van der Waals surface area contributed by atoms with E-state index in [4.69, 9.17) is 5.11 Å². The molecule has 7 heteroatoms. The number of carbonyl (C=O) groups excluding carboxylic acids is 1. The second-order valence-corrected chi connectivity index (χ2v) is 2.89. The van der Waals surface area contributed by atoms with Gasteiger partial charge in [0.1, 0.15) is 18.8 Å². The highest BCUT2D eigenvalue weighted by molar-refractivity contribution is 5.67. The van der Waals surface area contributed by atoms with Gasteiger partial charge in [0.15, 0.2) is 0 Å². The van der Waals surface area contributed by atoms with Gasteiger partial charge < -0.3 is 19.7 Å². The molecule has 0 bridgehead atoms. The van der Waals surface area contributed by atoms with Gasteiger partial charge in [0.2, 0.25) is 0 Å². The fourth-order valence-corrected chi connectivity index (χ4v) is 0.999. The predicted molar refractivity (Wildman–Crippen MR) is 51.1 cm³/mol. The molecule has 0 saturated heterocycles. The highest BCUT2D eigenvalue weighted by Gasteiger charge is 2.03. The summed E-state index contributed by atoms with van der Waals surface area (Å²) in [5.41, 5.74) is 0. The van der Waals surface area contributed by atoms with E-state index in [1.54, 1.807) is 10.9 Å². The van der Waals surface area contributed by atoms with Crippen LogP contribution in [0.3, 0.4) is 0 Å². The van der Waals surface area contributed by atoms with Crippen LogP contribution in [-0.4, -0.2) is 45.7 Å². The second-order valence-electron chi connectivity index (χ2n) is 2.89. The van der Waals surface area contributed by atoms with Crippen LogP contribution in [0.5, 0.6) is 0 Å². The van der Waals surface area contributed by atoms with Crippen LogP contribution in [0.4, 0.5) is 4.79 Å². The van der Waals surface area contributed by atoms with Gasteiger partial charge in [0, 0.05) is 20.0 Å². The molecule has 0 aliphatic rings. The molecule has 1 rings (SSSR count). The molecular formula is C8H14N4O3. The Kier molecular flexibility index (Phi) is 4.55. The fourth-order valence-electron chi connectivity index (χ4n) is 0.999. The molecule has 1 heterocycles. The third kappa shape index (κ3) is 3.94. The number of nitrogens with zero attached hydrogens (tertiary/aromatic N) is 3. The first-order valence-electron chi connectivity index (χ1n) is 4.58. The molecule has 0 aromatic carbocycles. The van der Waals surface area contributed by atoms with Gasteiger partial charge in [0.05, 0.1) is 6.61 Å². The Morgan fingerprint density at radius 3 is 3.13 bits per heavy atom. The molecule has 0 fully saturated rings. The molecule has 0 radical (unpaired) electrons. The van der Waals surface area contributed by atoms with Gasteiger partial charge in [-0.1, -0.05) is 0 Å². The Morgan fingerprint density at radius 2 is 2.53 bits per heavy atom. The minimum Gasteiger partial charge on any atom is -0.447 e. The summed E-state index contributed by atoms with van der Waals surface area (Å²) in [6.07, 6.45) is 1.65. The summed E-state index contributed by atoms with van der Waals surface area (Å²) >= 11 is 0. The van der Waals surface area contributed by atoms with E-state index in [0.717, 1.165) is 5.82 Å². The van der Waals surface area contributed by atoms with Gasteiger partial charge in [-0.3, -0.25) is 0 Å². The van der Waals surface area contributed by atoms with Gasteiger partial charge in [-0.25, -0.2) is 4.79 Å². The predicted octanol–water partition coefficient (Wildman–Crippen LogP) is -0.924. The molecule has 0 saturated carbocycles. The van der Waals surface area contributed by atoms with E-state index < -0.39 is 6.09 Å². The van der Waals surface area contributed by atoms with E-state index in [1.165, 1.54) is 0 Å². The molecule has 0 spiro atoms. The molecule has 0 unspecified atom stereocenters. The zero-order chi connectivity index (χ0) is 11.1. The average molecular weight is 214 g/mol. The van der Waals surface area contributed by atoms with E-state index in [9.17, 15) is 4.79 Å². The lowest BCUT2D eigenvalue weighted by molar-refractivity contribution is 0.119. The topological polar surface area (TPSA) is 89.3 Å². The average Bonchev–Trinajstić information content (AvgIpc) is 2.61. The number of amides is 1. The summed E-state index contributed by atoms with van der Waals surface area (Å²) in [6, 6.07) is 0. The van der Waals surface area contributed by atoms with E-state index in [2.05, 4.69) is 20.3 Å². The largest absolute Gasteiger partial charge is 0.447 e. The molecule has 0 atom stereocenters. The number of alkyl carbamates (subject to hydrolysis) is 1. The Labute approximate surface area is 87.1 Å². The molecule has 84 valence electrons. The molecule has 15 heavy (non-hydrogen) atoms. The van der Waals surface area contributed by atoms with Crippen LogP contribution in [0.1, 0.15) is 5.82 Å². The standard InChI is InChI=1S/C8H14N4O3/c1-12-6-10-11-7(12)2-3-9-8(14)15-5-4-13/h6,13H,2-5H2,1H3,(H,9,14). The smallest absolute Gasteiger partial charge is 0.407 e. The zero-order valence-corrected chi connectivity index (χ0v) is 8.51. The maximum atomic E-state index is 10.9. The number of aliphatic hydroxyl groups is 1. The molecule has 7 nitrogen and oxygen atoms in total. The van der Waals surface area contributed by atoms with Crippen LogP contribution in [0, 0.1) is 0 Å². The monoisotopic (exact) mass is 214 g/mol. The molecule has 0 aliphatic carbocycles. The number of nitrogens with one attached hydrogen (secondary N) is 1. The lowest BCUT2D eigenvalue weighted by Crippen LogP contribution is -2.27. The summed E-state index contributed by atoms with van der Waals surface area (Å²) in [5.74, 6) is 0.789. The first kappa shape index (κ1) is 11.4. The van der Waals surface area contributed by atoms with Gasteiger partial charge in [-0.15, -0.1) is 10.2 Å². The molecule has 2 N–H and O–H groups in total. The molecule has 0 aliphatic heterocycles. The Hall–Kier alpha value is -1.63. The minimum absolute atomic E-state index is 0.00972. The number of hydrogen-bond acceptors (Lipinski definition) is 5. The molecular weight excluding hydrogens is 200 g/mol. The fraction of sp³-hybridized carbons (Fsp3) is 0.625. The maximum absolute atomic E-state index is 10.9. The van der Waals surface area contributed by atoms with Crippen molar-refractivity contribution in [3.8, 4) is 0 Å². The third-order valence-electron chi connectivity index (χ3n) is 1.75. The van der Waals surface area contributed by atoms with Gasteiger partial charge in [0.25, 0.3) is 0 Å². The first-order chi connectivity index (χ1) is 7.24. The van der Waals surface area contributed by atoms with Crippen molar-refractivity contribution in [2.24, 2.45) is 7.05 Å². The zero-order valence-electron chi connectivity index (χ0n) is 8.51. The number of ether oxygens (including phenoxy) is 1. The number of hydrogen-bond donors (Lipinski definition) is 2. The SMILES string of the molecule is Cn1cnnc1CCNC(=O)OCCO. The minimum atomic E-state index is -0.536. The van der Waals surface area contributed by atoms with Crippen molar-refractivity contribution in [2.75, 3.05) is 19.8 Å². The van der Waals surface area contributed by atoms with Crippen LogP contribution in [0.25, 0.3) is 0 Å². The van der Waals surface area contributed by atoms with Gasteiger partial charge in [-0.2, -0.15) is 0 Å². The van der Waals surface area contributed by atoms with Crippen molar-refractivity contribution < 1.29 is 14.6 Å². The summed E-state index contributed by atoms with van der Waals surface area (Å²) in [4.78, 5) is 10.9. The van der Waals surface area contributed by atoms with Gasteiger partial charge in [-0.05, 0) is 0 Å². The Morgan fingerprint density at radius 1 is 1.73 bits per heavy atom. The van der Waals surface area contributed by atoms with Crippen LogP contribution < -0.4 is 5.32 Å². The highest BCUT2D eigenvalue weighted by atomic mass is 16.6. The number of aromatic nitrogens is 3. The van der Waals surface area contributed by atoms with Crippen LogP contribution in [0.2, 0.25) is 0 Å². The number of rotatable bonds is 5. The van der Waals surface area contributed by atoms with Crippen molar-refractivity contribution >= 4 is 6.09 Å². The normalized spacial score (nSPS) is 10.0. The lowest BCUT2D eigenvalue weighted by Gasteiger charge is -2.04. The number of aryl methyl sites for hydroxylation is 1. The summed E-state index contributed by atoms with van der Waals surface area (Å²) in [5, 5.41) is 18.5. The van der Waals surface area contributed by atoms with Crippen molar-refractivity contribution in [1.29, 1.82) is 0 Å². The Bertz CT molecular complexity index is 313. The van der Waals surface area contributed by atoms with E-state index >= 15 is 0 Å². The summed E-state index contributed by atoms with van der Waals surface area (Å²) < 4.78 is 6.38. The second kappa shape index (κ2) is 5.97. The molecule has 1 aromatic rings. The van der Waals surface area contributed by atoms with Crippen molar-refractivity contribution in [1.82, 2.24) is 20.1 Å². The van der Waals surface area contributed by atoms with Crippen LogP contribution in [-0.2, 0) is 18.2 Å². The number of carbonyl (C=O) groups is 1. The summed E-state index contributed by atoms with van der Waals surface area (Å²) in [7, 11) is 1.83. The summed E-state index contributed by atoms with van der Waals surface area (Å²) in [6.45, 7) is 0.267. The van der Waals surface area contributed by atoms with Crippen molar-refractivity contribution in [3.05, 3.63) is 12.2 Å². The van der Waals surface area contributed by atoms with E-state index in [-0.39, 0.29) is 13.2 Å². The van der Waals surface area contributed by atoms with Crippen LogP contribution in [0.15, 0.2) is 6.33 Å². The van der Waals surface area contributed by atoms with Crippen molar-refractivity contribution in [3.63, 3.8) is 0 Å². The Balaban J connectivity index is 2.16. The maximum Gasteiger partial charge on any atom is 0.407 e. The van der Waals surface area contributed by atoms with E-state index in [0.29, 0.717) is 13.0 Å². The molecule has 1 aromatic heterocycles. The van der Waals surface area contributed by atoms with Crippen LogP contribution >= 0.6 is 0 Å². The first-order valence-corrected chi connectivity index (χ1v) is 4.58. The highest BCUT2D eigenvalue weighted by Crippen LogP contribution is 1.91. The van der Waals surface area contributed by atoms with E-state index in [1.807, 2.05) is 7.05 Å². The van der Waals surface area contributed by atoms with Crippen molar-refractivity contribution in [2.45, 2.75) is 6.42 Å². The third-order valence-corrected chi connectivity index (χ3v) is 1.75. The lowest BCUT2D eigenvalue weighted by atomic mass is 10.4. The quantitative estimate of drug-likeness (QED) is 0.661.